The van der Waals surface area contributed by atoms with Crippen molar-refractivity contribution in [1.82, 2.24) is 10.6 Å². The van der Waals surface area contributed by atoms with Gasteiger partial charge in [0.25, 0.3) is 0 Å². The second-order valence-corrected chi connectivity index (χ2v) is 5.13. The highest BCUT2D eigenvalue weighted by atomic mass is 35.5. The quantitative estimate of drug-likeness (QED) is 0.484. The van der Waals surface area contributed by atoms with Gasteiger partial charge < -0.3 is 15.4 Å². The lowest BCUT2D eigenvalue weighted by atomic mass is 10.2. The molecule has 0 amide bonds. The molecule has 122 valence electrons. The first-order valence-electron chi connectivity index (χ1n) is 7.26. The number of rotatable bonds is 6. The van der Waals surface area contributed by atoms with E-state index in [1.165, 1.54) is 6.07 Å². The van der Waals surface area contributed by atoms with E-state index in [-0.39, 0.29) is 5.82 Å². The van der Waals surface area contributed by atoms with Crippen LogP contribution in [0.1, 0.15) is 5.56 Å². The van der Waals surface area contributed by atoms with E-state index in [2.05, 4.69) is 15.6 Å². The predicted octanol–water partition coefficient (Wildman–Crippen LogP) is 3.22. The van der Waals surface area contributed by atoms with Gasteiger partial charge in [-0.3, -0.25) is 4.99 Å². The normalized spacial score (nSPS) is 11.2. The third-order valence-corrected chi connectivity index (χ3v) is 3.43. The molecule has 2 aromatic carbocycles. The maximum atomic E-state index is 13.5. The Hall–Kier alpha value is -2.27. The summed E-state index contributed by atoms with van der Waals surface area (Å²) in [6.45, 7) is 1.34. The zero-order valence-corrected chi connectivity index (χ0v) is 13.6. The van der Waals surface area contributed by atoms with Crippen LogP contribution in [-0.2, 0) is 6.54 Å². The molecular formula is C17H19ClFN3O. The third kappa shape index (κ3) is 5.45. The molecule has 0 saturated heterocycles. The van der Waals surface area contributed by atoms with Gasteiger partial charge in [-0.15, -0.1) is 0 Å². The van der Waals surface area contributed by atoms with Crippen molar-refractivity contribution in [1.29, 1.82) is 0 Å². The molecule has 0 radical (unpaired) electrons. The molecule has 0 aliphatic carbocycles. The Morgan fingerprint density at radius 1 is 1.13 bits per heavy atom. The topological polar surface area (TPSA) is 45.7 Å². The number of hydrogen-bond donors (Lipinski definition) is 2. The number of guanidine groups is 1. The molecule has 2 N–H and O–H groups in total. The predicted molar refractivity (Wildman–Crippen MR) is 91.5 cm³/mol. The molecule has 0 atom stereocenters. The summed E-state index contributed by atoms with van der Waals surface area (Å²) in [5.41, 5.74) is 0.586. The van der Waals surface area contributed by atoms with E-state index < -0.39 is 0 Å². The van der Waals surface area contributed by atoms with Crippen LogP contribution in [0.15, 0.2) is 53.5 Å². The Kier molecular flexibility index (Phi) is 6.69. The summed E-state index contributed by atoms with van der Waals surface area (Å²) in [6, 6.07) is 13.9. The van der Waals surface area contributed by atoms with Crippen molar-refractivity contribution in [2.75, 3.05) is 20.2 Å². The summed E-state index contributed by atoms with van der Waals surface area (Å²) in [7, 11) is 1.66. The van der Waals surface area contributed by atoms with Crippen molar-refractivity contribution >= 4 is 17.6 Å². The minimum Gasteiger partial charge on any atom is -0.490 e. The van der Waals surface area contributed by atoms with Crippen molar-refractivity contribution in [3.8, 4) is 5.75 Å². The van der Waals surface area contributed by atoms with E-state index >= 15 is 0 Å². The van der Waals surface area contributed by atoms with Crippen LogP contribution in [0.3, 0.4) is 0 Å². The Bertz CT molecular complexity index is 664. The van der Waals surface area contributed by atoms with Crippen molar-refractivity contribution < 1.29 is 9.13 Å². The highest BCUT2D eigenvalue weighted by molar-refractivity contribution is 6.32. The molecule has 0 fully saturated rings. The largest absolute Gasteiger partial charge is 0.490 e. The third-order valence-electron chi connectivity index (χ3n) is 3.12. The lowest BCUT2D eigenvalue weighted by molar-refractivity contribution is 0.322. The zero-order valence-electron chi connectivity index (χ0n) is 12.9. The lowest BCUT2D eigenvalue weighted by Crippen LogP contribution is -2.39. The van der Waals surface area contributed by atoms with Gasteiger partial charge >= 0.3 is 0 Å². The zero-order chi connectivity index (χ0) is 16.5. The summed E-state index contributed by atoms with van der Waals surface area (Å²) < 4.78 is 19.1. The Morgan fingerprint density at radius 3 is 2.61 bits per heavy atom. The van der Waals surface area contributed by atoms with Crippen molar-refractivity contribution in [3.05, 3.63) is 64.9 Å². The molecule has 23 heavy (non-hydrogen) atoms. The Labute approximate surface area is 140 Å². The van der Waals surface area contributed by atoms with Crippen molar-refractivity contribution in [2.24, 2.45) is 4.99 Å². The van der Waals surface area contributed by atoms with Crippen molar-refractivity contribution in [2.45, 2.75) is 6.54 Å². The first-order valence-corrected chi connectivity index (χ1v) is 7.63. The first kappa shape index (κ1) is 17.1. The van der Waals surface area contributed by atoms with Crippen LogP contribution >= 0.6 is 11.6 Å². The minimum atomic E-state index is -0.238. The van der Waals surface area contributed by atoms with E-state index in [1.54, 1.807) is 31.3 Å². The van der Waals surface area contributed by atoms with Crippen molar-refractivity contribution in [3.63, 3.8) is 0 Å². The molecule has 0 unspecified atom stereocenters. The molecule has 4 nitrogen and oxygen atoms in total. The molecule has 2 aromatic rings. The van der Waals surface area contributed by atoms with Crippen LogP contribution in [0.4, 0.5) is 4.39 Å². The number of halogens is 2. The van der Waals surface area contributed by atoms with E-state index in [0.29, 0.717) is 42.0 Å². The van der Waals surface area contributed by atoms with Gasteiger partial charge in [0, 0.05) is 19.2 Å². The highest BCUT2D eigenvalue weighted by Gasteiger charge is 2.03. The second-order valence-electron chi connectivity index (χ2n) is 4.72. The molecule has 0 aromatic heterocycles. The van der Waals surface area contributed by atoms with E-state index in [1.807, 2.05) is 18.2 Å². The van der Waals surface area contributed by atoms with Gasteiger partial charge in [0.2, 0.25) is 0 Å². The molecule has 2 rings (SSSR count). The molecule has 6 heteroatoms. The minimum absolute atomic E-state index is 0.238. The number of ether oxygens (including phenoxy) is 1. The summed E-state index contributed by atoms with van der Waals surface area (Å²) in [6.07, 6.45) is 0. The van der Waals surface area contributed by atoms with Crippen LogP contribution < -0.4 is 15.4 Å². The molecule has 0 heterocycles. The van der Waals surface area contributed by atoms with Gasteiger partial charge in [0.15, 0.2) is 5.96 Å². The van der Waals surface area contributed by atoms with Gasteiger partial charge in [0.1, 0.15) is 18.2 Å². The van der Waals surface area contributed by atoms with Gasteiger partial charge in [-0.2, -0.15) is 0 Å². The van der Waals surface area contributed by atoms with Crippen LogP contribution in [-0.4, -0.2) is 26.2 Å². The molecule has 0 bridgehead atoms. The number of hydrogen-bond acceptors (Lipinski definition) is 2. The monoisotopic (exact) mass is 335 g/mol. The number of nitrogens with zero attached hydrogens (tertiary/aromatic N) is 1. The Morgan fingerprint density at radius 2 is 1.87 bits per heavy atom. The average molecular weight is 336 g/mol. The Balaban J connectivity index is 1.73. The maximum absolute atomic E-state index is 13.5. The van der Waals surface area contributed by atoms with Crippen LogP contribution in [0.25, 0.3) is 0 Å². The SMILES string of the molecule is CN=C(NCCOc1ccccc1Cl)NCc1ccccc1F. The van der Waals surface area contributed by atoms with E-state index in [9.17, 15) is 4.39 Å². The van der Waals surface area contributed by atoms with Crippen LogP contribution in [0, 0.1) is 5.82 Å². The maximum Gasteiger partial charge on any atom is 0.191 e. The molecule has 0 saturated carbocycles. The fraction of sp³-hybridized carbons (Fsp3) is 0.235. The van der Waals surface area contributed by atoms with E-state index in [4.69, 9.17) is 16.3 Å². The molecule has 0 aliphatic heterocycles. The number of aliphatic imine (C=N–C) groups is 1. The molecule has 0 aliphatic rings. The summed E-state index contributed by atoms with van der Waals surface area (Å²) in [4.78, 5) is 4.09. The molecular weight excluding hydrogens is 317 g/mol. The number of para-hydroxylation sites is 1. The van der Waals surface area contributed by atoms with E-state index in [0.717, 1.165) is 0 Å². The highest BCUT2D eigenvalue weighted by Crippen LogP contribution is 2.22. The summed E-state index contributed by atoms with van der Waals surface area (Å²) >= 11 is 6.01. The van der Waals surface area contributed by atoms with Gasteiger partial charge in [-0.05, 0) is 18.2 Å². The molecule has 0 spiro atoms. The smallest absolute Gasteiger partial charge is 0.191 e. The lowest BCUT2D eigenvalue weighted by Gasteiger charge is -2.13. The second kappa shape index (κ2) is 9.00. The van der Waals surface area contributed by atoms with Gasteiger partial charge in [0.05, 0.1) is 11.6 Å². The first-order chi connectivity index (χ1) is 11.2. The fourth-order valence-corrected chi connectivity index (χ4v) is 2.12. The summed E-state index contributed by atoms with van der Waals surface area (Å²) in [5.74, 6) is 0.985. The van der Waals surface area contributed by atoms with Gasteiger partial charge in [-0.25, -0.2) is 4.39 Å². The fourth-order valence-electron chi connectivity index (χ4n) is 1.93. The van der Waals surface area contributed by atoms with Gasteiger partial charge in [-0.1, -0.05) is 41.9 Å². The number of nitrogens with one attached hydrogen (secondary N) is 2. The summed E-state index contributed by atoms with van der Waals surface area (Å²) in [5, 5.41) is 6.73. The number of benzene rings is 2. The van der Waals surface area contributed by atoms with Crippen LogP contribution in [0.5, 0.6) is 5.75 Å². The van der Waals surface area contributed by atoms with Crippen LogP contribution in [0.2, 0.25) is 5.02 Å². The standard InChI is InChI=1S/C17H19ClFN3O/c1-20-17(22-12-13-6-2-4-8-15(13)19)21-10-11-23-16-9-5-3-7-14(16)18/h2-9H,10-12H2,1H3,(H2,20,21,22). The average Bonchev–Trinajstić information content (AvgIpc) is 2.57.